The fraction of sp³-hybridized carbons (Fsp3) is 0.529. The van der Waals surface area contributed by atoms with Crippen LogP contribution in [0.25, 0.3) is 11.0 Å². The molecule has 2 aromatic rings. The highest BCUT2D eigenvalue weighted by Crippen LogP contribution is 2.25. The number of furan rings is 1. The number of likely N-dealkylation sites (tertiary alicyclic amines) is 1. The summed E-state index contributed by atoms with van der Waals surface area (Å²) in [6.45, 7) is 7.38. The molecule has 3 nitrogen and oxygen atoms in total. The van der Waals surface area contributed by atoms with E-state index in [-0.39, 0.29) is 5.82 Å². The van der Waals surface area contributed by atoms with Crippen LogP contribution < -0.4 is 5.32 Å². The van der Waals surface area contributed by atoms with Crippen molar-refractivity contribution >= 4 is 11.0 Å². The Balaban J connectivity index is 1.49. The van der Waals surface area contributed by atoms with Gasteiger partial charge in [0.15, 0.2) is 0 Å². The molecule has 0 aliphatic carbocycles. The number of hydrogen-bond donors (Lipinski definition) is 1. The highest BCUT2D eigenvalue weighted by atomic mass is 19.1. The van der Waals surface area contributed by atoms with Gasteiger partial charge in [-0.3, -0.25) is 0 Å². The highest BCUT2D eigenvalue weighted by molar-refractivity contribution is 5.82. The molecule has 2 heterocycles. The summed E-state index contributed by atoms with van der Waals surface area (Å²) in [5.74, 6) is 0.702. The quantitative estimate of drug-likeness (QED) is 0.826. The molecule has 1 N–H and O–H groups in total. The van der Waals surface area contributed by atoms with Crippen molar-refractivity contribution in [1.82, 2.24) is 10.2 Å². The zero-order chi connectivity index (χ0) is 14.7. The van der Waals surface area contributed by atoms with Crippen molar-refractivity contribution < 1.29 is 8.81 Å². The number of halogens is 1. The summed E-state index contributed by atoms with van der Waals surface area (Å²) in [6.07, 6.45) is 3.86. The van der Waals surface area contributed by atoms with Crippen molar-refractivity contribution in [2.24, 2.45) is 0 Å². The largest absolute Gasteiger partial charge is 0.459 e. The Bertz CT molecular complexity index is 602. The second-order valence-electron chi connectivity index (χ2n) is 5.87. The van der Waals surface area contributed by atoms with Crippen LogP contribution in [0.1, 0.15) is 30.6 Å². The third-order valence-corrected chi connectivity index (χ3v) is 4.31. The van der Waals surface area contributed by atoms with Crippen LogP contribution in [0.4, 0.5) is 4.39 Å². The van der Waals surface area contributed by atoms with Crippen molar-refractivity contribution in [2.75, 3.05) is 26.2 Å². The van der Waals surface area contributed by atoms with Gasteiger partial charge in [0.1, 0.15) is 17.2 Å². The Labute approximate surface area is 125 Å². The van der Waals surface area contributed by atoms with Crippen LogP contribution in [0.15, 0.2) is 22.6 Å². The van der Waals surface area contributed by atoms with E-state index >= 15 is 0 Å². The summed E-state index contributed by atoms with van der Waals surface area (Å²) in [4.78, 5) is 2.52. The monoisotopic (exact) mass is 290 g/mol. The van der Waals surface area contributed by atoms with Gasteiger partial charge in [-0.1, -0.05) is 0 Å². The van der Waals surface area contributed by atoms with Crippen molar-refractivity contribution in [3.63, 3.8) is 0 Å². The van der Waals surface area contributed by atoms with Crippen LogP contribution in [0.3, 0.4) is 0 Å². The van der Waals surface area contributed by atoms with E-state index in [1.807, 2.05) is 6.92 Å². The molecule has 3 rings (SSSR count). The van der Waals surface area contributed by atoms with Crippen LogP contribution in [-0.2, 0) is 6.54 Å². The predicted octanol–water partition coefficient (Wildman–Crippen LogP) is 3.46. The maximum absolute atomic E-state index is 13.3. The number of aryl methyl sites for hydroxylation is 1. The lowest BCUT2D eigenvalue weighted by Crippen LogP contribution is -2.24. The molecule has 1 saturated heterocycles. The van der Waals surface area contributed by atoms with Gasteiger partial charge >= 0.3 is 0 Å². The molecule has 21 heavy (non-hydrogen) atoms. The molecular formula is C17H23FN2O. The Morgan fingerprint density at radius 3 is 2.90 bits per heavy atom. The first-order valence-corrected chi connectivity index (χ1v) is 7.84. The van der Waals surface area contributed by atoms with E-state index < -0.39 is 0 Å². The molecule has 0 atom stereocenters. The van der Waals surface area contributed by atoms with Gasteiger partial charge in [0.05, 0.1) is 6.54 Å². The number of benzene rings is 1. The zero-order valence-corrected chi connectivity index (χ0v) is 12.6. The number of nitrogens with one attached hydrogen (secondary N) is 1. The van der Waals surface area contributed by atoms with Gasteiger partial charge in [-0.05, 0) is 76.1 Å². The lowest BCUT2D eigenvalue weighted by atomic mass is 10.1. The van der Waals surface area contributed by atoms with Gasteiger partial charge in [0, 0.05) is 5.39 Å². The minimum absolute atomic E-state index is 0.212. The lowest BCUT2D eigenvalue weighted by Gasteiger charge is -2.14. The number of rotatable bonds is 6. The van der Waals surface area contributed by atoms with Crippen LogP contribution >= 0.6 is 0 Å². The van der Waals surface area contributed by atoms with Crippen LogP contribution in [0.5, 0.6) is 0 Å². The molecule has 1 aliphatic rings. The molecule has 0 amide bonds. The van der Waals surface area contributed by atoms with Crippen molar-refractivity contribution in [3.8, 4) is 0 Å². The molecule has 0 unspecified atom stereocenters. The van der Waals surface area contributed by atoms with E-state index in [2.05, 4.69) is 10.2 Å². The van der Waals surface area contributed by atoms with Gasteiger partial charge in [0.2, 0.25) is 0 Å². The molecule has 1 aromatic heterocycles. The van der Waals surface area contributed by atoms with Crippen LogP contribution in [-0.4, -0.2) is 31.1 Å². The first-order valence-electron chi connectivity index (χ1n) is 7.84. The SMILES string of the molecule is Cc1c(CNCCCN2CCCC2)oc2ccc(F)cc12. The van der Waals surface area contributed by atoms with E-state index in [1.165, 1.54) is 38.5 Å². The number of fused-ring (bicyclic) bond motifs is 1. The molecule has 0 saturated carbocycles. The summed E-state index contributed by atoms with van der Waals surface area (Å²) in [5.41, 5.74) is 1.80. The normalized spacial score (nSPS) is 16.1. The van der Waals surface area contributed by atoms with E-state index in [0.29, 0.717) is 6.54 Å². The van der Waals surface area contributed by atoms with Gasteiger partial charge in [-0.15, -0.1) is 0 Å². The van der Waals surface area contributed by atoms with Crippen LogP contribution in [0.2, 0.25) is 0 Å². The second kappa shape index (κ2) is 6.58. The smallest absolute Gasteiger partial charge is 0.134 e. The molecule has 0 radical (unpaired) electrons. The van der Waals surface area contributed by atoms with Gasteiger partial charge in [0.25, 0.3) is 0 Å². The molecule has 0 bridgehead atoms. The molecule has 4 heteroatoms. The summed E-state index contributed by atoms with van der Waals surface area (Å²) >= 11 is 0. The molecule has 1 fully saturated rings. The summed E-state index contributed by atoms with van der Waals surface area (Å²) in [7, 11) is 0. The van der Waals surface area contributed by atoms with E-state index in [1.54, 1.807) is 12.1 Å². The maximum atomic E-state index is 13.3. The Kier molecular flexibility index (Phi) is 4.56. The summed E-state index contributed by atoms with van der Waals surface area (Å²) in [6, 6.07) is 4.69. The average molecular weight is 290 g/mol. The fourth-order valence-electron chi connectivity index (χ4n) is 3.05. The Hall–Kier alpha value is -1.39. The Morgan fingerprint density at radius 1 is 1.29 bits per heavy atom. The molecule has 1 aromatic carbocycles. The lowest BCUT2D eigenvalue weighted by molar-refractivity contribution is 0.330. The summed E-state index contributed by atoms with van der Waals surface area (Å²) in [5, 5.41) is 4.31. The average Bonchev–Trinajstić information content (AvgIpc) is 3.09. The van der Waals surface area contributed by atoms with E-state index in [9.17, 15) is 4.39 Å². The molecule has 1 aliphatic heterocycles. The van der Waals surface area contributed by atoms with Crippen molar-refractivity contribution in [1.29, 1.82) is 0 Å². The predicted molar refractivity (Wildman–Crippen MR) is 82.9 cm³/mol. The van der Waals surface area contributed by atoms with Crippen LogP contribution in [0, 0.1) is 12.7 Å². The fourth-order valence-corrected chi connectivity index (χ4v) is 3.05. The van der Waals surface area contributed by atoms with Gasteiger partial charge < -0.3 is 14.6 Å². The third kappa shape index (κ3) is 3.44. The third-order valence-electron chi connectivity index (χ3n) is 4.31. The van der Waals surface area contributed by atoms with Crippen molar-refractivity contribution in [3.05, 3.63) is 35.3 Å². The Morgan fingerprint density at radius 2 is 2.10 bits per heavy atom. The molecule has 0 spiro atoms. The molecule has 114 valence electrons. The maximum Gasteiger partial charge on any atom is 0.134 e. The summed E-state index contributed by atoms with van der Waals surface area (Å²) < 4.78 is 19.1. The second-order valence-corrected chi connectivity index (χ2v) is 5.87. The molecular weight excluding hydrogens is 267 g/mol. The minimum Gasteiger partial charge on any atom is -0.459 e. The topological polar surface area (TPSA) is 28.4 Å². The first kappa shape index (κ1) is 14.5. The zero-order valence-electron chi connectivity index (χ0n) is 12.6. The highest BCUT2D eigenvalue weighted by Gasteiger charge is 2.12. The van der Waals surface area contributed by atoms with Crippen molar-refractivity contribution in [2.45, 2.75) is 32.7 Å². The number of hydrogen-bond acceptors (Lipinski definition) is 3. The van der Waals surface area contributed by atoms with E-state index in [0.717, 1.165) is 35.3 Å². The minimum atomic E-state index is -0.212. The van der Waals surface area contributed by atoms with E-state index in [4.69, 9.17) is 4.42 Å². The number of nitrogens with zero attached hydrogens (tertiary/aromatic N) is 1. The van der Waals surface area contributed by atoms with Gasteiger partial charge in [-0.2, -0.15) is 0 Å². The van der Waals surface area contributed by atoms with Gasteiger partial charge in [-0.25, -0.2) is 4.39 Å². The first-order chi connectivity index (χ1) is 10.2. The standard InChI is InChI=1S/C17H23FN2O/c1-13-15-11-14(18)5-6-16(15)21-17(13)12-19-7-4-10-20-8-2-3-9-20/h5-6,11,19H,2-4,7-10,12H2,1H3.